The number of rotatable bonds is 7. The fourth-order valence-corrected chi connectivity index (χ4v) is 3.28. The number of benzene rings is 3. The zero-order chi connectivity index (χ0) is 22.5. The topological polar surface area (TPSA) is 76.1 Å². The van der Waals surface area contributed by atoms with Gasteiger partial charge in [-0.3, -0.25) is 4.79 Å². The summed E-state index contributed by atoms with van der Waals surface area (Å²) in [4.78, 5) is 20.2. The quantitative estimate of drug-likeness (QED) is 0.274. The Kier molecular flexibility index (Phi) is 8.21. The zero-order valence-electron chi connectivity index (χ0n) is 17.5. The molecule has 2 N–H and O–H groups in total. The first-order chi connectivity index (χ1) is 15.5. The van der Waals surface area contributed by atoms with Gasteiger partial charge in [0.2, 0.25) is 5.91 Å². The maximum atomic E-state index is 13.3. The first-order valence-corrected chi connectivity index (χ1v) is 10.0. The van der Waals surface area contributed by atoms with Crippen LogP contribution >= 0.6 is 11.6 Å². The van der Waals surface area contributed by atoms with Crippen LogP contribution in [0.15, 0.2) is 79.6 Å². The van der Waals surface area contributed by atoms with Gasteiger partial charge in [0, 0.05) is 16.8 Å². The summed E-state index contributed by atoms with van der Waals surface area (Å²) in [6.45, 7) is 3.65. The largest absolute Gasteiger partial charge is 2.00 e. The Morgan fingerprint density at radius 1 is 1.09 bits per heavy atom. The zero-order valence-corrected chi connectivity index (χ0v) is 19.7. The summed E-state index contributed by atoms with van der Waals surface area (Å²) in [6, 6.07) is 16.7. The van der Waals surface area contributed by atoms with Crippen LogP contribution in [0.5, 0.6) is 5.75 Å². The fraction of sp³-hybridized carbons (Fsp3) is 0.0417. The molecule has 0 saturated heterocycles. The monoisotopic (exact) mass is 472 g/mol. The molecule has 0 spiro atoms. The van der Waals surface area contributed by atoms with Gasteiger partial charge < -0.3 is 15.4 Å². The molecule has 0 saturated carbocycles. The molecule has 0 aliphatic rings. The molecule has 4 rings (SSSR count). The summed E-state index contributed by atoms with van der Waals surface area (Å²) in [5, 5.41) is 7.05. The van der Waals surface area contributed by atoms with Gasteiger partial charge in [-0.15, -0.1) is 0 Å². The van der Waals surface area contributed by atoms with E-state index in [2.05, 4.69) is 27.2 Å². The van der Waals surface area contributed by atoms with E-state index in [1.54, 1.807) is 48.5 Å². The van der Waals surface area contributed by atoms with Crippen molar-refractivity contribution >= 4 is 68.7 Å². The van der Waals surface area contributed by atoms with E-state index >= 15 is 0 Å². The van der Waals surface area contributed by atoms with Crippen molar-refractivity contribution in [3.05, 3.63) is 96.0 Å². The van der Waals surface area contributed by atoms with Crippen molar-refractivity contribution in [3.8, 4) is 5.75 Å². The maximum Gasteiger partial charge on any atom is 2.00 e. The van der Waals surface area contributed by atoms with E-state index < -0.39 is 0 Å². The molecule has 0 fully saturated rings. The number of anilines is 3. The maximum absolute atomic E-state index is 13.3. The molecule has 1 aromatic heterocycles. The molecule has 4 aromatic rings. The third-order valence-electron chi connectivity index (χ3n) is 4.57. The number of hydrogen-bond acceptors (Lipinski definition) is 5. The average Bonchev–Trinajstić information content (AvgIpc) is 2.79. The van der Waals surface area contributed by atoms with E-state index in [4.69, 9.17) is 16.3 Å². The van der Waals surface area contributed by atoms with E-state index in [1.807, 2.05) is 0 Å². The molecule has 1 heterocycles. The standard InChI is InChI=1S/C24H18ClFN4O2.Mg/c1-2-23(31)29-17-6-8-21-19(11-17)24(28-14-27-21)30-18-7-9-22(20(25)12-18)32-13-15-4-3-5-16(26)10-15;/h2-12,14H,1,13H2,(H,29,31)(H,27,28,30);/q;+2. The van der Waals surface area contributed by atoms with Crippen molar-refractivity contribution in [2.45, 2.75) is 6.61 Å². The first-order valence-electron chi connectivity index (χ1n) is 9.64. The van der Waals surface area contributed by atoms with E-state index in [0.717, 1.165) is 5.39 Å². The van der Waals surface area contributed by atoms with Crippen molar-refractivity contribution in [2.24, 2.45) is 0 Å². The average molecular weight is 473 g/mol. The van der Waals surface area contributed by atoms with Crippen LogP contribution in [0, 0.1) is 5.82 Å². The minimum Gasteiger partial charge on any atom is -0.487 e. The van der Waals surface area contributed by atoms with Crippen LogP contribution < -0.4 is 15.4 Å². The predicted octanol–water partition coefficient (Wildman–Crippen LogP) is 5.49. The molecular formula is C24H18ClFMgN4O2+2. The molecule has 3 aromatic carbocycles. The third kappa shape index (κ3) is 6.19. The smallest absolute Gasteiger partial charge is 0.487 e. The van der Waals surface area contributed by atoms with Crippen molar-refractivity contribution < 1.29 is 13.9 Å². The molecule has 33 heavy (non-hydrogen) atoms. The van der Waals surface area contributed by atoms with Gasteiger partial charge in [0.15, 0.2) is 0 Å². The summed E-state index contributed by atoms with van der Waals surface area (Å²) in [5.41, 5.74) is 2.70. The number of carbonyl (C=O) groups is 1. The summed E-state index contributed by atoms with van der Waals surface area (Å²) >= 11 is 6.38. The van der Waals surface area contributed by atoms with Crippen molar-refractivity contribution in [1.29, 1.82) is 0 Å². The van der Waals surface area contributed by atoms with Crippen LogP contribution in [0.3, 0.4) is 0 Å². The van der Waals surface area contributed by atoms with Crippen LogP contribution in [-0.2, 0) is 11.4 Å². The fourth-order valence-electron chi connectivity index (χ4n) is 3.05. The Bertz CT molecular complexity index is 1320. The Morgan fingerprint density at radius 2 is 1.91 bits per heavy atom. The molecular weight excluding hydrogens is 455 g/mol. The van der Waals surface area contributed by atoms with Crippen molar-refractivity contribution in [1.82, 2.24) is 9.97 Å². The van der Waals surface area contributed by atoms with E-state index in [9.17, 15) is 9.18 Å². The van der Waals surface area contributed by atoms with Crippen LogP contribution in [0.4, 0.5) is 21.6 Å². The molecule has 0 aliphatic heterocycles. The van der Waals surface area contributed by atoms with Crippen LogP contribution in [-0.4, -0.2) is 38.9 Å². The Balaban J connectivity index is 0.00000306. The minimum atomic E-state index is -0.318. The number of halogens is 2. The number of aromatic nitrogens is 2. The minimum absolute atomic E-state index is 0. The summed E-state index contributed by atoms with van der Waals surface area (Å²) in [6.07, 6.45) is 2.65. The second kappa shape index (κ2) is 11.1. The van der Waals surface area contributed by atoms with Gasteiger partial charge in [0.25, 0.3) is 0 Å². The van der Waals surface area contributed by atoms with Gasteiger partial charge >= 0.3 is 23.1 Å². The Hall–Kier alpha value is -3.20. The molecule has 0 aliphatic carbocycles. The summed E-state index contributed by atoms with van der Waals surface area (Å²) < 4.78 is 19.0. The van der Waals surface area contributed by atoms with E-state index in [0.29, 0.717) is 39.0 Å². The predicted molar refractivity (Wildman–Crippen MR) is 130 cm³/mol. The molecule has 0 bridgehead atoms. The van der Waals surface area contributed by atoms with Crippen LogP contribution in [0.25, 0.3) is 10.9 Å². The SMILES string of the molecule is C=CC(=O)Nc1ccc2ncnc(Nc3ccc(OCc4cccc(F)c4)c(Cl)c3)c2c1.[Mg+2]. The number of hydrogen-bond donors (Lipinski definition) is 2. The van der Waals surface area contributed by atoms with Crippen molar-refractivity contribution in [2.75, 3.05) is 10.6 Å². The molecule has 6 nitrogen and oxygen atoms in total. The van der Waals surface area contributed by atoms with Gasteiger partial charge in [-0.25, -0.2) is 14.4 Å². The first kappa shape index (κ1) is 24.4. The number of ether oxygens (including phenoxy) is 1. The summed E-state index contributed by atoms with van der Waals surface area (Å²) in [7, 11) is 0. The van der Waals surface area contributed by atoms with Gasteiger partial charge in [-0.2, -0.15) is 0 Å². The van der Waals surface area contributed by atoms with Gasteiger partial charge in [-0.05, 0) is 60.2 Å². The van der Waals surface area contributed by atoms with E-state index in [-0.39, 0.29) is 41.4 Å². The Labute approximate surface area is 211 Å². The molecule has 0 radical (unpaired) electrons. The van der Waals surface area contributed by atoms with Crippen LogP contribution in [0.1, 0.15) is 5.56 Å². The molecule has 160 valence electrons. The van der Waals surface area contributed by atoms with Gasteiger partial charge in [-0.1, -0.05) is 30.3 Å². The molecule has 9 heteroatoms. The number of nitrogens with one attached hydrogen (secondary N) is 2. The number of carbonyl (C=O) groups excluding carboxylic acids is 1. The number of fused-ring (bicyclic) bond motifs is 1. The van der Waals surface area contributed by atoms with E-state index in [1.165, 1.54) is 24.5 Å². The second-order valence-corrected chi connectivity index (χ2v) is 7.24. The number of nitrogens with zero attached hydrogens (tertiary/aromatic N) is 2. The second-order valence-electron chi connectivity index (χ2n) is 6.84. The van der Waals surface area contributed by atoms with Crippen molar-refractivity contribution in [3.63, 3.8) is 0 Å². The summed E-state index contributed by atoms with van der Waals surface area (Å²) in [5.74, 6) is 0.398. The molecule has 1 amide bonds. The van der Waals surface area contributed by atoms with Gasteiger partial charge in [0.05, 0.1) is 10.5 Å². The molecule has 0 unspecified atom stereocenters. The number of amides is 1. The van der Waals surface area contributed by atoms with Crippen LogP contribution in [0.2, 0.25) is 5.02 Å². The third-order valence-corrected chi connectivity index (χ3v) is 4.86. The molecule has 0 atom stereocenters. The Morgan fingerprint density at radius 3 is 2.67 bits per heavy atom. The van der Waals surface area contributed by atoms with Gasteiger partial charge in [0.1, 0.15) is 30.3 Å². The normalized spacial score (nSPS) is 10.2.